The third kappa shape index (κ3) is 3.79. The monoisotopic (exact) mass is 410 g/mol. The molecule has 0 aliphatic carbocycles. The molecule has 1 N–H and O–H groups in total. The third-order valence-corrected chi connectivity index (χ3v) is 5.98. The van der Waals surface area contributed by atoms with Crippen LogP contribution in [0.4, 0.5) is 0 Å². The smallest absolute Gasteiger partial charge is 0.335 e. The van der Waals surface area contributed by atoms with E-state index < -0.39 is 5.97 Å². The Labute approximate surface area is 173 Å². The largest absolute Gasteiger partial charge is 0.490 e. The lowest BCUT2D eigenvalue weighted by molar-refractivity contribution is 0.0358. The van der Waals surface area contributed by atoms with Crippen molar-refractivity contribution >= 4 is 23.5 Å². The second-order valence-corrected chi connectivity index (χ2v) is 7.85. The molecule has 7 heteroatoms. The van der Waals surface area contributed by atoms with Gasteiger partial charge in [0.05, 0.1) is 16.1 Å². The van der Waals surface area contributed by atoms with Crippen LogP contribution in [-0.2, 0) is 0 Å². The molecule has 0 aromatic heterocycles. The van der Waals surface area contributed by atoms with Gasteiger partial charge in [-0.2, -0.15) is 5.26 Å². The summed E-state index contributed by atoms with van der Waals surface area (Å²) in [4.78, 5) is 26.0. The summed E-state index contributed by atoms with van der Waals surface area (Å²) in [7, 11) is 0. The highest BCUT2D eigenvalue weighted by molar-refractivity contribution is 6.31. The maximum Gasteiger partial charge on any atom is 0.335 e. The molecule has 2 fully saturated rings. The van der Waals surface area contributed by atoms with E-state index in [-0.39, 0.29) is 29.7 Å². The number of aromatic carboxylic acids is 1. The van der Waals surface area contributed by atoms with Gasteiger partial charge in [0.2, 0.25) is 0 Å². The summed E-state index contributed by atoms with van der Waals surface area (Å²) in [5, 5.41) is 18.4. The maximum atomic E-state index is 13.0. The molecular weight excluding hydrogens is 392 g/mol. The fourth-order valence-corrected chi connectivity index (χ4v) is 4.52. The Balaban J connectivity index is 1.45. The van der Waals surface area contributed by atoms with E-state index in [2.05, 4.69) is 0 Å². The molecule has 29 heavy (non-hydrogen) atoms. The minimum absolute atomic E-state index is 0.0186. The summed E-state index contributed by atoms with van der Waals surface area (Å²) in [6, 6.07) is 13.3. The number of ether oxygens (including phenoxy) is 1. The van der Waals surface area contributed by atoms with Crippen LogP contribution in [0.1, 0.15) is 52.0 Å². The van der Waals surface area contributed by atoms with E-state index in [9.17, 15) is 9.59 Å². The van der Waals surface area contributed by atoms with E-state index in [1.54, 1.807) is 30.3 Å². The Morgan fingerprint density at radius 3 is 2.24 bits per heavy atom. The minimum Gasteiger partial charge on any atom is -0.490 e. The standard InChI is InChI=1S/C22H19ClN2O4/c23-20-11-18(8-5-15(20)12-24)29-19-9-16-6-7-17(10-19)25(16)21(26)13-1-3-14(4-2-13)22(27)28/h1-5,8,11,16-17,19H,6-7,9-10H2,(H,27,28). The van der Waals surface area contributed by atoms with Gasteiger partial charge in [0.25, 0.3) is 5.91 Å². The molecule has 148 valence electrons. The Bertz CT molecular complexity index is 985. The topological polar surface area (TPSA) is 90.6 Å². The zero-order valence-electron chi connectivity index (χ0n) is 15.5. The molecule has 2 aromatic rings. The molecule has 1 amide bonds. The predicted octanol–water partition coefficient (Wildman–Crippen LogP) is 4.12. The molecule has 0 radical (unpaired) electrons. The van der Waals surface area contributed by atoms with Crippen molar-refractivity contribution < 1.29 is 19.4 Å². The Hall–Kier alpha value is -3.04. The lowest BCUT2D eigenvalue weighted by Gasteiger charge is -2.39. The van der Waals surface area contributed by atoms with Crippen LogP contribution in [0.15, 0.2) is 42.5 Å². The van der Waals surface area contributed by atoms with Gasteiger partial charge < -0.3 is 14.7 Å². The average Bonchev–Trinajstić information content (AvgIpc) is 2.98. The number of halogens is 1. The van der Waals surface area contributed by atoms with Crippen molar-refractivity contribution in [2.45, 2.75) is 43.9 Å². The van der Waals surface area contributed by atoms with Crippen LogP contribution < -0.4 is 4.74 Å². The van der Waals surface area contributed by atoms with Gasteiger partial charge in [0.15, 0.2) is 0 Å². The van der Waals surface area contributed by atoms with E-state index in [1.165, 1.54) is 12.1 Å². The molecule has 2 aliphatic rings. The summed E-state index contributed by atoms with van der Waals surface area (Å²) < 4.78 is 6.10. The summed E-state index contributed by atoms with van der Waals surface area (Å²) in [6.07, 6.45) is 3.30. The van der Waals surface area contributed by atoms with Crippen molar-refractivity contribution in [1.29, 1.82) is 5.26 Å². The van der Waals surface area contributed by atoms with Crippen molar-refractivity contribution in [2.24, 2.45) is 0 Å². The van der Waals surface area contributed by atoms with Gasteiger partial charge in [-0.3, -0.25) is 4.79 Å². The Morgan fingerprint density at radius 1 is 1.07 bits per heavy atom. The fraction of sp³-hybridized carbons (Fsp3) is 0.318. The summed E-state index contributed by atoms with van der Waals surface area (Å²) in [5.74, 6) is -0.443. The first-order chi connectivity index (χ1) is 14.0. The van der Waals surface area contributed by atoms with Crippen molar-refractivity contribution in [2.75, 3.05) is 0 Å². The number of carbonyl (C=O) groups is 2. The number of amides is 1. The lowest BCUT2D eigenvalue weighted by atomic mass is 9.98. The van der Waals surface area contributed by atoms with E-state index in [1.807, 2.05) is 11.0 Å². The van der Waals surface area contributed by atoms with E-state index in [0.717, 1.165) is 25.7 Å². The van der Waals surface area contributed by atoms with Gasteiger partial charge in [0.1, 0.15) is 17.9 Å². The number of benzene rings is 2. The summed E-state index contributed by atoms with van der Waals surface area (Å²) in [6.45, 7) is 0. The lowest BCUT2D eigenvalue weighted by Crippen LogP contribution is -2.49. The molecule has 4 rings (SSSR count). The fourth-order valence-electron chi connectivity index (χ4n) is 4.31. The van der Waals surface area contributed by atoms with Crippen molar-refractivity contribution in [1.82, 2.24) is 4.90 Å². The quantitative estimate of drug-likeness (QED) is 0.818. The predicted molar refractivity (Wildman–Crippen MR) is 106 cm³/mol. The average molecular weight is 411 g/mol. The number of fused-ring (bicyclic) bond motifs is 2. The molecule has 2 unspecified atom stereocenters. The molecular formula is C22H19ClN2O4. The van der Waals surface area contributed by atoms with Gasteiger partial charge in [-0.15, -0.1) is 0 Å². The number of carbonyl (C=O) groups excluding carboxylic acids is 1. The highest BCUT2D eigenvalue weighted by Gasteiger charge is 2.44. The number of piperidine rings is 1. The normalized spacial score (nSPS) is 22.8. The van der Waals surface area contributed by atoms with Crippen LogP contribution in [0.25, 0.3) is 0 Å². The Kier molecular flexibility index (Phi) is 5.16. The van der Waals surface area contributed by atoms with Gasteiger partial charge in [-0.25, -0.2) is 4.79 Å². The van der Waals surface area contributed by atoms with Crippen molar-refractivity contribution in [3.63, 3.8) is 0 Å². The molecule has 2 saturated heterocycles. The molecule has 0 saturated carbocycles. The first kappa shape index (κ1) is 19.3. The molecule has 6 nitrogen and oxygen atoms in total. The van der Waals surface area contributed by atoms with Crippen LogP contribution in [0.3, 0.4) is 0 Å². The van der Waals surface area contributed by atoms with Crippen molar-refractivity contribution in [3.05, 3.63) is 64.2 Å². The molecule has 2 heterocycles. The molecule has 2 aliphatic heterocycles. The van der Waals surface area contributed by atoms with Gasteiger partial charge >= 0.3 is 5.97 Å². The highest BCUT2D eigenvalue weighted by atomic mass is 35.5. The zero-order chi connectivity index (χ0) is 20.5. The molecule has 0 spiro atoms. The van der Waals surface area contributed by atoms with E-state index >= 15 is 0 Å². The number of hydrogen-bond acceptors (Lipinski definition) is 4. The van der Waals surface area contributed by atoms with Gasteiger partial charge in [-0.05, 0) is 49.2 Å². The van der Waals surface area contributed by atoms with Gasteiger partial charge in [-0.1, -0.05) is 11.6 Å². The third-order valence-electron chi connectivity index (χ3n) is 5.67. The Morgan fingerprint density at radius 2 is 1.69 bits per heavy atom. The summed E-state index contributed by atoms with van der Waals surface area (Å²) >= 11 is 6.09. The molecule has 2 bridgehead atoms. The van der Waals surface area contributed by atoms with Crippen molar-refractivity contribution in [3.8, 4) is 11.8 Å². The first-order valence-corrected chi connectivity index (χ1v) is 9.86. The van der Waals surface area contributed by atoms with Gasteiger partial charge in [0, 0.05) is 36.6 Å². The number of hydrogen-bond donors (Lipinski definition) is 1. The van der Waals surface area contributed by atoms with Crippen LogP contribution >= 0.6 is 11.6 Å². The SMILES string of the molecule is N#Cc1ccc(OC2CC3CCC(C2)N3C(=O)c2ccc(C(=O)O)cc2)cc1Cl. The maximum absolute atomic E-state index is 13.0. The first-order valence-electron chi connectivity index (χ1n) is 9.48. The number of nitriles is 1. The van der Waals surface area contributed by atoms with E-state index in [4.69, 9.17) is 26.7 Å². The number of nitrogens with zero attached hydrogens (tertiary/aromatic N) is 2. The van der Waals surface area contributed by atoms with Crippen LogP contribution in [-0.4, -0.2) is 40.1 Å². The zero-order valence-corrected chi connectivity index (χ0v) is 16.3. The van der Waals surface area contributed by atoms with Crippen LogP contribution in [0.5, 0.6) is 5.75 Å². The second kappa shape index (κ2) is 7.76. The molecule has 2 atom stereocenters. The second-order valence-electron chi connectivity index (χ2n) is 7.44. The number of carboxylic acids is 1. The van der Waals surface area contributed by atoms with E-state index in [0.29, 0.717) is 21.9 Å². The van der Waals surface area contributed by atoms with Crippen LogP contribution in [0.2, 0.25) is 5.02 Å². The highest BCUT2D eigenvalue weighted by Crippen LogP contribution is 2.38. The number of rotatable bonds is 4. The minimum atomic E-state index is -1.01. The number of carboxylic acid groups (broad SMARTS) is 1. The summed E-state index contributed by atoms with van der Waals surface area (Å²) in [5.41, 5.74) is 1.08. The van der Waals surface area contributed by atoms with Crippen LogP contribution in [0, 0.1) is 11.3 Å². The molecule has 2 aromatic carbocycles.